The molecule has 0 saturated heterocycles. The van der Waals surface area contributed by atoms with Crippen molar-refractivity contribution in [1.82, 2.24) is 9.38 Å². The Morgan fingerprint density at radius 1 is 0.923 bits per heavy atom. The van der Waals surface area contributed by atoms with Crippen molar-refractivity contribution in [2.45, 2.75) is 13.5 Å². The number of nitrogens with zero attached hydrogens (tertiary/aromatic N) is 2. The molecule has 2 heterocycles. The summed E-state index contributed by atoms with van der Waals surface area (Å²) in [6.07, 6.45) is 1.81. The molecule has 128 valence electrons. The van der Waals surface area contributed by atoms with E-state index in [1.807, 2.05) is 55.6 Å². The van der Waals surface area contributed by atoms with E-state index in [0.29, 0.717) is 12.2 Å². The third-order valence-corrected chi connectivity index (χ3v) is 4.33. The minimum Gasteiger partial charge on any atom is -0.379 e. The largest absolute Gasteiger partial charge is 0.379 e. The Hall–Kier alpha value is -3.40. The molecule has 0 unspecified atom stereocenters. The quantitative estimate of drug-likeness (QED) is 0.602. The lowest BCUT2D eigenvalue weighted by atomic mass is 10.1. The number of aromatic nitrogens is 2. The molecule has 2 aromatic heterocycles. The van der Waals surface area contributed by atoms with E-state index in [-0.39, 0.29) is 5.56 Å². The van der Waals surface area contributed by atoms with E-state index in [2.05, 4.69) is 34.6 Å². The molecule has 4 rings (SSSR count). The second-order valence-corrected chi connectivity index (χ2v) is 6.32. The molecule has 0 aliphatic rings. The minimum absolute atomic E-state index is 0.0603. The van der Waals surface area contributed by atoms with Crippen molar-refractivity contribution in [3.8, 4) is 11.1 Å². The summed E-state index contributed by atoms with van der Waals surface area (Å²) in [6, 6.07) is 23.9. The first-order chi connectivity index (χ1) is 12.7. The lowest BCUT2D eigenvalue weighted by Gasteiger charge is -2.09. The third kappa shape index (κ3) is 3.35. The molecular weight excluding hydrogens is 322 g/mol. The van der Waals surface area contributed by atoms with Gasteiger partial charge in [0.25, 0.3) is 5.56 Å². The maximum absolute atomic E-state index is 12.3. The predicted octanol–water partition coefficient (Wildman–Crippen LogP) is 4.28. The average Bonchev–Trinajstić information content (AvgIpc) is 2.68. The smallest absolute Gasteiger partial charge is 0.258 e. The van der Waals surface area contributed by atoms with Crippen molar-refractivity contribution in [1.29, 1.82) is 0 Å². The van der Waals surface area contributed by atoms with Crippen LogP contribution in [-0.2, 0) is 6.54 Å². The van der Waals surface area contributed by atoms with Crippen molar-refractivity contribution < 1.29 is 0 Å². The van der Waals surface area contributed by atoms with Gasteiger partial charge in [0.05, 0.1) is 12.2 Å². The van der Waals surface area contributed by atoms with Crippen LogP contribution in [0.2, 0.25) is 0 Å². The van der Waals surface area contributed by atoms with Gasteiger partial charge in [-0.05, 0) is 41.8 Å². The van der Waals surface area contributed by atoms with E-state index in [1.54, 1.807) is 10.5 Å². The molecule has 0 radical (unpaired) electrons. The molecule has 0 fully saturated rings. The predicted molar refractivity (Wildman–Crippen MR) is 105 cm³/mol. The van der Waals surface area contributed by atoms with E-state index in [9.17, 15) is 4.79 Å². The summed E-state index contributed by atoms with van der Waals surface area (Å²) in [7, 11) is 0. The fourth-order valence-electron chi connectivity index (χ4n) is 2.95. The van der Waals surface area contributed by atoms with Gasteiger partial charge in [0.15, 0.2) is 0 Å². The lowest BCUT2D eigenvalue weighted by molar-refractivity contribution is 0.965. The standard InChI is InChI=1S/C22H19N3O/c1-16-7-12-21-24-20(13-22(26)25(21)15-16)14-23-19-10-8-18(9-11-19)17-5-3-2-4-6-17/h2-13,15,23H,14H2,1H3. The Kier molecular flexibility index (Phi) is 4.23. The van der Waals surface area contributed by atoms with Crippen molar-refractivity contribution >= 4 is 11.3 Å². The summed E-state index contributed by atoms with van der Waals surface area (Å²) < 4.78 is 1.58. The summed E-state index contributed by atoms with van der Waals surface area (Å²) in [4.78, 5) is 16.8. The molecule has 1 N–H and O–H groups in total. The van der Waals surface area contributed by atoms with Crippen LogP contribution in [-0.4, -0.2) is 9.38 Å². The Morgan fingerprint density at radius 2 is 1.65 bits per heavy atom. The maximum Gasteiger partial charge on any atom is 0.258 e. The van der Waals surface area contributed by atoms with Gasteiger partial charge in [-0.2, -0.15) is 0 Å². The number of pyridine rings is 1. The first-order valence-corrected chi connectivity index (χ1v) is 8.57. The van der Waals surface area contributed by atoms with Crippen LogP contribution >= 0.6 is 0 Å². The molecule has 0 bridgehead atoms. The Bertz CT molecular complexity index is 1100. The van der Waals surface area contributed by atoms with Crippen molar-refractivity contribution in [3.63, 3.8) is 0 Å². The minimum atomic E-state index is -0.0603. The number of anilines is 1. The summed E-state index contributed by atoms with van der Waals surface area (Å²) in [5, 5.41) is 3.33. The number of nitrogens with one attached hydrogen (secondary N) is 1. The highest BCUT2D eigenvalue weighted by Gasteiger charge is 2.03. The zero-order valence-corrected chi connectivity index (χ0v) is 14.5. The normalized spacial score (nSPS) is 10.8. The number of benzene rings is 2. The summed E-state index contributed by atoms with van der Waals surface area (Å²) in [5.41, 5.74) is 5.73. The van der Waals surface area contributed by atoms with Crippen LogP contribution in [0.25, 0.3) is 16.8 Å². The lowest BCUT2D eigenvalue weighted by Crippen LogP contribution is -2.17. The molecular formula is C22H19N3O. The van der Waals surface area contributed by atoms with E-state index in [1.165, 1.54) is 11.1 Å². The van der Waals surface area contributed by atoms with Crippen LogP contribution in [0.4, 0.5) is 5.69 Å². The van der Waals surface area contributed by atoms with Crippen LogP contribution in [0, 0.1) is 6.92 Å². The number of fused-ring (bicyclic) bond motifs is 1. The SMILES string of the molecule is Cc1ccc2nc(CNc3ccc(-c4ccccc4)cc3)cc(=O)n2c1. The van der Waals surface area contributed by atoms with Crippen LogP contribution in [0.3, 0.4) is 0 Å². The zero-order chi connectivity index (χ0) is 17.9. The Balaban J connectivity index is 1.51. The Morgan fingerprint density at radius 3 is 2.42 bits per heavy atom. The number of hydrogen-bond donors (Lipinski definition) is 1. The van der Waals surface area contributed by atoms with Crippen LogP contribution in [0.15, 0.2) is 83.8 Å². The molecule has 0 amide bonds. The monoisotopic (exact) mass is 341 g/mol. The van der Waals surface area contributed by atoms with Gasteiger partial charge < -0.3 is 5.32 Å². The fourth-order valence-corrected chi connectivity index (χ4v) is 2.95. The molecule has 0 aliphatic carbocycles. The van der Waals surface area contributed by atoms with E-state index < -0.39 is 0 Å². The molecule has 0 atom stereocenters. The average molecular weight is 341 g/mol. The molecule has 0 spiro atoms. The van der Waals surface area contributed by atoms with Crippen molar-refractivity contribution in [2.75, 3.05) is 5.32 Å². The fraction of sp³-hybridized carbons (Fsp3) is 0.0909. The van der Waals surface area contributed by atoms with Crippen molar-refractivity contribution in [3.05, 3.63) is 101 Å². The molecule has 0 aliphatic heterocycles. The van der Waals surface area contributed by atoms with Gasteiger partial charge in [0.1, 0.15) is 5.65 Å². The highest BCUT2D eigenvalue weighted by Crippen LogP contribution is 2.21. The van der Waals surface area contributed by atoms with Gasteiger partial charge in [-0.15, -0.1) is 0 Å². The second-order valence-electron chi connectivity index (χ2n) is 6.32. The zero-order valence-electron chi connectivity index (χ0n) is 14.5. The van der Waals surface area contributed by atoms with Gasteiger partial charge in [-0.1, -0.05) is 48.5 Å². The third-order valence-electron chi connectivity index (χ3n) is 4.33. The topological polar surface area (TPSA) is 46.4 Å². The number of aryl methyl sites for hydroxylation is 1. The first-order valence-electron chi connectivity index (χ1n) is 8.57. The van der Waals surface area contributed by atoms with Gasteiger partial charge in [-0.3, -0.25) is 9.20 Å². The summed E-state index contributed by atoms with van der Waals surface area (Å²) in [6.45, 7) is 2.46. The van der Waals surface area contributed by atoms with Crippen LogP contribution in [0.1, 0.15) is 11.3 Å². The molecule has 0 saturated carbocycles. The van der Waals surface area contributed by atoms with E-state index in [4.69, 9.17) is 0 Å². The second kappa shape index (κ2) is 6.84. The van der Waals surface area contributed by atoms with E-state index in [0.717, 1.165) is 16.9 Å². The summed E-state index contributed by atoms with van der Waals surface area (Å²) >= 11 is 0. The number of hydrogen-bond acceptors (Lipinski definition) is 3. The summed E-state index contributed by atoms with van der Waals surface area (Å²) in [5.74, 6) is 0. The van der Waals surface area contributed by atoms with Crippen molar-refractivity contribution in [2.24, 2.45) is 0 Å². The number of rotatable bonds is 4. The molecule has 4 aromatic rings. The molecule has 4 heteroatoms. The maximum atomic E-state index is 12.3. The molecule has 4 nitrogen and oxygen atoms in total. The molecule has 26 heavy (non-hydrogen) atoms. The highest BCUT2D eigenvalue weighted by atomic mass is 16.1. The Labute approximate surface area is 151 Å². The van der Waals surface area contributed by atoms with Crippen LogP contribution in [0.5, 0.6) is 0 Å². The molecule has 2 aromatic carbocycles. The van der Waals surface area contributed by atoms with E-state index >= 15 is 0 Å². The van der Waals surface area contributed by atoms with Gasteiger partial charge >= 0.3 is 0 Å². The van der Waals surface area contributed by atoms with Crippen LogP contribution < -0.4 is 10.9 Å². The van der Waals surface area contributed by atoms with Gasteiger partial charge in [0, 0.05) is 18.0 Å². The highest BCUT2D eigenvalue weighted by molar-refractivity contribution is 5.65. The first kappa shape index (κ1) is 16.1. The van der Waals surface area contributed by atoms with Gasteiger partial charge in [0.2, 0.25) is 0 Å². The van der Waals surface area contributed by atoms with Gasteiger partial charge in [-0.25, -0.2) is 4.98 Å².